The lowest BCUT2D eigenvalue weighted by Crippen LogP contribution is -2.12. The second kappa shape index (κ2) is 8.03. The maximum atomic E-state index is 11.6. The highest BCUT2D eigenvalue weighted by Crippen LogP contribution is 2.37. The Bertz CT molecular complexity index is 464. The van der Waals surface area contributed by atoms with Crippen LogP contribution in [0.15, 0.2) is 18.2 Å². The number of aliphatic hydroxyl groups is 1. The van der Waals surface area contributed by atoms with Crippen LogP contribution in [-0.2, 0) is 16.0 Å². The Balaban J connectivity index is 2.11. The molecule has 116 valence electrons. The summed E-state index contributed by atoms with van der Waals surface area (Å²) in [5.41, 5.74) is 2.16. The molecule has 2 rings (SSSR count). The first kappa shape index (κ1) is 15.8. The molecule has 0 saturated heterocycles. The third-order valence-corrected chi connectivity index (χ3v) is 4.04. The van der Waals surface area contributed by atoms with E-state index in [1.165, 1.54) is 37.7 Å². The van der Waals surface area contributed by atoms with Crippen molar-refractivity contribution in [3.63, 3.8) is 0 Å². The van der Waals surface area contributed by atoms with Gasteiger partial charge in [-0.25, -0.2) is 0 Å². The Hall–Kier alpha value is -1.55. The standard InChI is InChI=1S/C17H24O4/c1-20-16-8-7-13(12-17(19)21-10-9-18)11-15(16)14-5-3-2-4-6-14/h7-8,11,14,18H,2-6,9-10,12H2,1H3. The molecule has 0 bridgehead atoms. The summed E-state index contributed by atoms with van der Waals surface area (Å²) in [4.78, 5) is 11.6. The van der Waals surface area contributed by atoms with Gasteiger partial charge in [-0.05, 0) is 36.0 Å². The summed E-state index contributed by atoms with van der Waals surface area (Å²) in [6, 6.07) is 5.93. The van der Waals surface area contributed by atoms with E-state index in [0.717, 1.165) is 11.3 Å². The van der Waals surface area contributed by atoms with E-state index in [1.54, 1.807) is 7.11 Å². The predicted octanol–water partition coefficient (Wildman–Crippen LogP) is 2.82. The maximum absolute atomic E-state index is 11.6. The van der Waals surface area contributed by atoms with Crippen LogP contribution in [-0.4, -0.2) is 31.4 Å². The van der Waals surface area contributed by atoms with Crippen LogP contribution in [0, 0.1) is 0 Å². The second-order valence-corrected chi connectivity index (χ2v) is 5.53. The number of rotatable bonds is 6. The van der Waals surface area contributed by atoms with Crippen molar-refractivity contribution >= 4 is 5.97 Å². The van der Waals surface area contributed by atoms with Gasteiger partial charge in [-0.2, -0.15) is 0 Å². The summed E-state index contributed by atoms with van der Waals surface area (Å²) in [6.45, 7) is -0.0772. The molecule has 0 spiro atoms. The SMILES string of the molecule is COc1ccc(CC(=O)OCCO)cc1C1CCCCC1. The van der Waals surface area contributed by atoms with E-state index >= 15 is 0 Å². The Morgan fingerprint density at radius 3 is 2.71 bits per heavy atom. The number of methoxy groups -OCH3 is 1. The fraction of sp³-hybridized carbons (Fsp3) is 0.588. The smallest absolute Gasteiger partial charge is 0.310 e. The molecule has 0 aromatic heterocycles. The van der Waals surface area contributed by atoms with Crippen LogP contribution >= 0.6 is 0 Å². The van der Waals surface area contributed by atoms with Crippen LogP contribution in [0.1, 0.15) is 49.1 Å². The largest absolute Gasteiger partial charge is 0.496 e. The maximum Gasteiger partial charge on any atom is 0.310 e. The minimum Gasteiger partial charge on any atom is -0.496 e. The molecule has 4 nitrogen and oxygen atoms in total. The van der Waals surface area contributed by atoms with Gasteiger partial charge in [0.2, 0.25) is 0 Å². The molecule has 0 heterocycles. The van der Waals surface area contributed by atoms with Crippen LogP contribution in [0.2, 0.25) is 0 Å². The Kier molecular flexibility index (Phi) is 6.05. The van der Waals surface area contributed by atoms with Gasteiger partial charge in [0.25, 0.3) is 0 Å². The van der Waals surface area contributed by atoms with Crippen LogP contribution in [0.4, 0.5) is 0 Å². The van der Waals surface area contributed by atoms with Gasteiger partial charge in [-0.1, -0.05) is 31.4 Å². The fourth-order valence-electron chi connectivity index (χ4n) is 3.00. The Morgan fingerprint density at radius 2 is 2.05 bits per heavy atom. The zero-order chi connectivity index (χ0) is 15.1. The van der Waals surface area contributed by atoms with Crippen molar-refractivity contribution in [2.45, 2.75) is 44.4 Å². The van der Waals surface area contributed by atoms with Gasteiger partial charge in [0.05, 0.1) is 20.1 Å². The van der Waals surface area contributed by atoms with Crippen molar-refractivity contribution in [1.29, 1.82) is 0 Å². The minimum absolute atomic E-state index is 0.0600. The van der Waals surface area contributed by atoms with E-state index in [2.05, 4.69) is 6.07 Å². The lowest BCUT2D eigenvalue weighted by molar-refractivity contribution is -0.143. The molecule has 0 atom stereocenters. The average molecular weight is 292 g/mol. The minimum atomic E-state index is -0.302. The van der Waals surface area contributed by atoms with E-state index < -0.39 is 0 Å². The molecule has 1 aliphatic rings. The number of hydrogen-bond donors (Lipinski definition) is 1. The number of carbonyl (C=O) groups is 1. The molecule has 1 saturated carbocycles. The summed E-state index contributed by atoms with van der Waals surface area (Å²) in [6.07, 6.45) is 6.45. The van der Waals surface area contributed by atoms with E-state index in [9.17, 15) is 4.79 Å². The molecule has 0 radical (unpaired) electrons. The lowest BCUT2D eigenvalue weighted by Gasteiger charge is -2.24. The van der Waals surface area contributed by atoms with Crippen molar-refractivity contribution in [2.75, 3.05) is 20.3 Å². The number of carbonyl (C=O) groups excluding carboxylic acids is 1. The van der Waals surface area contributed by atoms with Crippen molar-refractivity contribution in [3.8, 4) is 5.75 Å². The Labute approximate surface area is 126 Å². The molecule has 21 heavy (non-hydrogen) atoms. The van der Waals surface area contributed by atoms with E-state index in [0.29, 0.717) is 5.92 Å². The molecular formula is C17H24O4. The summed E-state index contributed by atoms with van der Waals surface area (Å²) in [5, 5.41) is 8.67. The first-order valence-corrected chi connectivity index (χ1v) is 7.68. The summed E-state index contributed by atoms with van der Waals surface area (Å²) < 4.78 is 10.4. The van der Waals surface area contributed by atoms with Crippen molar-refractivity contribution in [2.24, 2.45) is 0 Å². The number of aliphatic hydroxyl groups excluding tert-OH is 1. The zero-order valence-corrected chi connectivity index (χ0v) is 12.6. The van der Waals surface area contributed by atoms with E-state index in [-0.39, 0.29) is 25.6 Å². The van der Waals surface area contributed by atoms with Gasteiger partial charge >= 0.3 is 5.97 Å². The zero-order valence-electron chi connectivity index (χ0n) is 12.6. The van der Waals surface area contributed by atoms with Crippen molar-refractivity contribution < 1.29 is 19.4 Å². The molecule has 1 aliphatic carbocycles. The topological polar surface area (TPSA) is 55.8 Å². The number of benzene rings is 1. The monoisotopic (exact) mass is 292 g/mol. The third-order valence-electron chi connectivity index (χ3n) is 4.04. The second-order valence-electron chi connectivity index (χ2n) is 5.53. The fourth-order valence-corrected chi connectivity index (χ4v) is 3.00. The van der Waals surface area contributed by atoms with Gasteiger partial charge in [0.15, 0.2) is 0 Å². The molecule has 1 N–H and O–H groups in total. The third kappa shape index (κ3) is 4.46. The molecule has 1 aromatic carbocycles. The normalized spacial score (nSPS) is 15.7. The van der Waals surface area contributed by atoms with E-state index in [4.69, 9.17) is 14.6 Å². The predicted molar refractivity (Wildman–Crippen MR) is 80.6 cm³/mol. The Morgan fingerprint density at radius 1 is 1.29 bits per heavy atom. The summed E-state index contributed by atoms with van der Waals surface area (Å²) in [5.74, 6) is 1.14. The molecule has 0 amide bonds. The van der Waals surface area contributed by atoms with Crippen LogP contribution in [0.5, 0.6) is 5.75 Å². The van der Waals surface area contributed by atoms with Crippen molar-refractivity contribution in [1.82, 2.24) is 0 Å². The number of esters is 1. The molecular weight excluding hydrogens is 268 g/mol. The number of hydrogen-bond acceptors (Lipinski definition) is 4. The van der Waals surface area contributed by atoms with Crippen molar-refractivity contribution in [3.05, 3.63) is 29.3 Å². The van der Waals surface area contributed by atoms with Gasteiger partial charge in [-0.15, -0.1) is 0 Å². The van der Waals surface area contributed by atoms with Gasteiger partial charge in [0, 0.05) is 0 Å². The highest BCUT2D eigenvalue weighted by atomic mass is 16.5. The molecule has 0 unspecified atom stereocenters. The van der Waals surface area contributed by atoms with E-state index in [1.807, 2.05) is 12.1 Å². The highest BCUT2D eigenvalue weighted by molar-refractivity contribution is 5.72. The quantitative estimate of drug-likeness (QED) is 0.819. The highest BCUT2D eigenvalue weighted by Gasteiger charge is 2.20. The first-order chi connectivity index (χ1) is 10.2. The summed E-state index contributed by atoms with van der Waals surface area (Å²) in [7, 11) is 1.69. The number of ether oxygens (including phenoxy) is 2. The van der Waals surface area contributed by atoms with Crippen LogP contribution < -0.4 is 4.74 Å². The molecule has 0 aliphatic heterocycles. The average Bonchev–Trinajstić information content (AvgIpc) is 2.53. The van der Waals surface area contributed by atoms with Crippen LogP contribution in [0.3, 0.4) is 0 Å². The van der Waals surface area contributed by atoms with Crippen LogP contribution in [0.25, 0.3) is 0 Å². The summed E-state index contributed by atoms with van der Waals surface area (Å²) >= 11 is 0. The van der Waals surface area contributed by atoms with Gasteiger partial charge in [0.1, 0.15) is 12.4 Å². The lowest BCUT2D eigenvalue weighted by atomic mass is 9.83. The molecule has 1 fully saturated rings. The van der Waals surface area contributed by atoms with Gasteiger partial charge in [-0.3, -0.25) is 4.79 Å². The molecule has 4 heteroatoms. The van der Waals surface area contributed by atoms with Gasteiger partial charge < -0.3 is 14.6 Å². The first-order valence-electron chi connectivity index (χ1n) is 7.68. The molecule has 1 aromatic rings.